The molecule has 32 heavy (non-hydrogen) atoms. The van der Waals surface area contributed by atoms with E-state index >= 15 is 0 Å². The number of piperazine rings is 1. The fourth-order valence-electron chi connectivity index (χ4n) is 4.10. The molecule has 1 aliphatic carbocycles. The van der Waals surface area contributed by atoms with Gasteiger partial charge in [-0.2, -0.15) is 0 Å². The molecule has 2 heterocycles. The lowest BCUT2D eigenvalue weighted by atomic mass is 10.0. The Balaban J connectivity index is 1.10. The first kappa shape index (κ1) is 22.8. The van der Waals surface area contributed by atoms with Crippen molar-refractivity contribution < 1.29 is 14.2 Å². The van der Waals surface area contributed by atoms with Crippen molar-refractivity contribution in [2.24, 2.45) is 0 Å². The van der Waals surface area contributed by atoms with E-state index in [4.69, 9.17) is 25.8 Å². The molecule has 1 aromatic carbocycles. The summed E-state index contributed by atoms with van der Waals surface area (Å²) >= 11 is 6.19. The second-order valence-electron chi connectivity index (χ2n) is 8.56. The van der Waals surface area contributed by atoms with Crippen molar-refractivity contribution in [1.82, 2.24) is 9.80 Å². The molecular weight excluding hydrogens is 424 g/mol. The first-order chi connectivity index (χ1) is 15.7. The van der Waals surface area contributed by atoms with E-state index in [0.717, 1.165) is 87.8 Å². The van der Waals surface area contributed by atoms with Crippen LogP contribution in [0.3, 0.4) is 0 Å². The van der Waals surface area contributed by atoms with Gasteiger partial charge in [-0.05, 0) is 56.8 Å². The SMILES string of the molecule is Cc1ccc(Cl)c(OCCCCN2CCN(C3=COC(CC4=CC=CCC4)=CO3)CC2)c1. The molecule has 1 aromatic rings. The summed E-state index contributed by atoms with van der Waals surface area (Å²) < 4.78 is 17.6. The number of allylic oxidation sites excluding steroid dienone is 4. The van der Waals surface area contributed by atoms with Crippen LogP contribution in [-0.4, -0.2) is 49.1 Å². The van der Waals surface area contributed by atoms with Crippen LogP contribution in [0, 0.1) is 6.92 Å². The number of benzene rings is 1. The Morgan fingerprint density at radius 3 is 2.69 bits per heavy atom. The molecule has 2 aliphatic heterocycles. The highest BCUT2D eigenvalue weighted by Crippen LogP contribution is 2.26. The molecule has 1 saturated heterocycles. The Morgan fingerprint density at radius 1 is 1.06 bits per heavy atom. The molecule has 0 amide bonds. The summed E-state index contributed by atoms with van der Waals surface area (Å²) in [7, 11) is 0. The van der Waals surface area contributed by atoms with E-state index in [9.17, 15) is 0 Å². The van der Waals surface area contributed by atoms with Gasteiger partial charge in [0.05, 0.1) is 11.6 Å². The van der Waals surface area contributed by atoms with Crippen LogP contribution >= 0.6 is 11.6 Å². The van der Waals surface area contributed by atoms with Crippen LogP contribution in [0.1, 0.15) is 37.7 Å². The zero-order valence-corrected chi connectivity index (χ0v) is 19.7. The molecule has 172 valence electrons. The van der Waals surface area contributed by atoms with Crippen molar-refractivity contribution >= 4 is 11.6 Å². The Morgan fingerprint density at radius 2 is 1.94 bits per heavy atom. The lowest BCUT2D eigenvalue weighted by Gasteiger charge is -2.36. The van der Waals surface area contributed by atoms with Crippen molar-refractivity contribution in [3.63, 3.8) is 0 Å². The second-order valence-corrected chi connectivity index (χ2v) is 8.97. The lowest BCUT2D eigenvalue weighted by Crippen LogP contribution is -2.46. The molecule has 0 atom stereocenters. The van der Waals surface area contributed by atoms with Crippen molar-refractivity contribution in [2.75, 3.05) is 39.3 Å². The van der Waals surface area contributed by atoms with E-state index in [1.165, 1.54) is 5.57 Å². The van der Waals surface area contributed by atoms with Gasteiger partial charge in [-0.1, -0.05) is 41.5 Å². The Kier molecular flexibility index (Phi) is 8.18. The quantitative estimate of drug-likeness (QED) is 0.440. The van der Waals surface area contributed by atoms with Crippen LogP contribution in [0.25, 0.3) is 0 Å². The van der Waals surface area contributed by atoms with E-state index in [1.54, 1.807) is 12.5 Å². The highest BCUT2D eigenvalue weighted by Gasteiger charge is 2.22. The van der Waals surface area contributed by atoms with Gasteiger partial charge in [0.1, 0.15) is 17.8 Å². The average Bonchev–Trinajstić information content (AvgIpc) is 2.83. The number of hydrogen-bond donors (Lipinski definition) is 0. The van der Waals surface area contributed by atoms with Crippen LogP contribution in [0.4, 0.5) is 0 Å². The van der Waals surface area contributed by atoms with Crippen molar-refractivity contribution in [1.29, 1.82) is 0 Å². The minimum atomic E-state index is 0.681. The molecule has 4 rings (SSSR count). The van der Waals surface area contributed by atoms with Gasteiger partial charge in [0.25, 0.3) is 0 Å². The standard InChI is InChI=1S/C26H33ClN2O3/c1-21-9-10-24(27)25(17-21)30-16-6-5-11-28-12-14-29(15-13-28)26-20-31-23(19-32-26)18-22-7-3-2-4-8-22/h2-3,7,9-10,17,19-20H,4-6,8,11-16,18H2,1H3. The van der Waals surface area contributed by atoms with Crippen LogP contribution in [0.2, 0.25) is 5.02 Å². The monoisotopic (exact) mass is 456 g/mol. The number of rotatable bonds is 9. The molecule has 0 saturated carbocycles. The molecule has 1 fully saturated rings. The number of nitrogens with zero attached hydrogens (tertiary/aromatic N) is 2. The number of aryl methyl sites for hydroxylation is 1. The van der Waals surface area contributed by atoms with Crippen LogP contribution in [0.5, 0.6) is 5.75 Å². The normalized spacial score (nSPS) is 18.9. The third-order valence-electron chi connectivity index (χ3n) is 6.02. The van der Waals surface area contributed by atoms with Gasteiger partial charge in [-0.15, -0.1) is 0 Å². The molecule has 5 nitrogen and oxygen atoms in total. The summed E-state index contributed by atoms with van der Waals surface area (Å²) in [5.74, 6) is 2.48. The number of ether oxygens (including phenoxy) is 3. The van der Waals surface area contributed by atoms with Gasteiger partial charge < -0.3 is 19.1 Å². The first-order valence-corrected chi connectivity index (χ1v) is 12.0. The maximum atomic E-state index is 6.19. The fourth-order valence-corrected chi connectivity index (χ4v) is 4.27. The van der Waals surface area contributed by atoms with Crippen LogP contribution in [-0.2, 0) is 9.47 Å². The maximum Gasteiger partial charge on any atom is 0.231 e. The molecule has 0 aromatic heterocycles. The summed E-state index contributed by atoms with van der Waals surface area (Å²) in [6.07, 6.45) is 15.2. The van der Waals surface area contributed by atoms with Gasteiger partial charge >= 0.3 is 0 Å². The molecule has 0 N–H and O–H groups in total. The van der Waals surface area contributed by atoms with Crippen molar-refractivity contribution in [2.45, 2.75) is 39.0 Å². The summed E-state index contributed by atoms with van der Waals surface area (Å²) in [5, 5.41) is 0.681. The Bertz CT molecular complexity index is 898. The van der Waals surface area contributed by atoms with Gasteiger partial charge in [-0.25, -0.2) is 0 Å². The van der Waals surface area contributed by atoms with E-state index in [2.05, 4.69) is 28.0 Å². The molecule has 6 heteroatoms. The average molecular weight is 457 g/mol. The predicted molar refractivity (Wildman–Crippen MR) is 128 cm³/mol. The van der Waals surface area contributed by atoms with Crippen LogP contribution in [0.15, 0.2) is 66.2 Å². The van der Waals surface area contributed by atoms with Gasteiger partial charge in [-0.3, -0.25) is 4.90 Å². The highest BCUT2D eigenvalue weighted by atomic mass is 35.5. The Hall–Kier alpha value is -2.37. The van der Waals surface area contributed by atoms with E-state index in [-0.39, 0.29) is 0 Å². The fraction of sp³-hybridized carbons (Fsp3) is 0.462. The molecule has 0 unspecified atom stereocenters. The summed E-state index contributed by atoms with van der Waals surface area (Å²) in [6.45, 7) is 7.78. The smallest absolute Gasteiger partial charge is 0.231 e. The molecule has 0 radical (unpaired) electrons. The maximum absolute atomic E-state index is 6.19. The summed E-state index contributed by atoms with van der Waals surface area (Å²) in [4.78, 5) is 4.76. The molecule has 0 bridgehead atoms. The largest absolute Gasteiger partial charge is 0.492 e. The van der Waals surface area contributed by atoms with Gasteiger partial charge in [0, 0.05) is 32.6 Å². The second kappa shape index (κ2) is 11.5. The van der Waals surface area contributed by atoms with E-state index < -0.39 is 0 Å². The summed E-state index contributed by atoms with van der Waals surface area (Å²) in [6, 6.07) is 5.89. The number of halogens is 1. The number of hydrogen-bond acceptors (Lipinski definition) is 5. The Labute approximate surface area is 196 Å². The molecule has 3 aliphatic rings. The topological polar surface area (TPSA) is 34.2 Å². The van der Waals surface area contributed by atoms with E-state index in [1.807, 2.05) is 25.1 Å². The third kappa shape index (κ3) is 6.57. The van der Waals surface area contributed by atoms with Crippen LogP contribution < -0.4 is 4.74 Å². The van der Waals surface area contributed by atoms with Crippen molar-refractivity contribution in [3.05, 3.63) is 76.8 Å². The zero-order valence-electron chi connectivity index (χ0n) is 18.9. The predicted octanol–water partition coefficient (Wildman–Crippen LogP) is 5.78. The van der Waals surface area contributed by atoms with Crippen molar-refractivity contribution in [3.8, 4) is 5.75 Å². The molecule has 0 spiro atoms. The van der Waals surface area contributed by atoms with Gasteiger partial charge in [0.15, 0.2) is 6.26 Å². The zero-order chi connectivity index (χ0) is 22.2. The van der Waals surface area contributed by atoms with Gasteiger partial charge in [0.2, 0.25) is 5.88 Å². The minimum Gasteiger partial charge on any atom is -0.492 e. The lowest BCUT2D eigenvalue weighted by molar-refractivity contribution is 0.0817. The number of unbranched alkanes of at least 4 members (excludes halogenated alkanes) is 1. The van der Waals surface area contributed by atoms with E-state index in [0.29, 0.717) is 11.6 Å². The highest BCUT2D eigenvalue weighted by molar-refractivity contribution is 6.32. The summed E-state index contributed by atoms with van der Waals surface area (Å²) in [5.41, 5.74) is 2.55. The first-order valence-electron chi connectivity index (χ1n) is 11.6. The minimum absolute atomic E-state index is 0.681. The third-order valence-corrected chi connectivity index (χ3v) is 6.33. The molecular formula is C26H33ClN2O3.